The van der Waals surface area contributed by atoms with Crippen molar-refractivity contribution in [3.63, 3.8) is 0 Å². The molecule has 1 unspecified atom stereocenters. The lowest BCUT2D eigenvalue weighted by atomic mass is 10.2. The summed E-state index contributed by atoms with van der Waals surface area (Å²) in [5, 5.41) is 8.85. The van der Waals surface area contributed by atoms with Crippen molar-refractivity contribution in [2.45, 2.75) is 6.10 Å². The third-order valence-corrected chi connectivity index (χ3v) is 2.74. The molecule has 1 aliphatic rings. The Hall–Kier alpha value is -2.21. The van der Waals surface area contributed by atoms with Crippen LogP contribution in [0.25, 0.3) is 6.08 Å². The first kappa shape index (κ1) is 13.2. The van der Waals surface area contributed by atoms with Crippen molar-refractivity contribution in [1.82, 2.24) is 9.88 Å². The molecule has 0 aromatic carbocycles. The highest BCUT2D eigenvalue weighted by atomic mass is 16.5. The van der Waals surface area contributed by atoms with Gasteiger partial charge >= 0.3 is 5.97 Å². The second kappa shape index (κ2) is 6.10. The highest BCUT2D eigenvalue weighted by Gasteiger charge is 2.27. The number of carboxylic acids is 1. The van der Waals surface area contributed by atoms with Crippen molar-refractivity contribution in [3.8, 4) is 0 Å². The Morgan fingerprint density at radius 3 is 3.00 bits per heavy atom. The van der Waals surface area contributed by atoms with Crippen LogP contribution in [0.5, 0.6) is 0 Å². The molecule has 0 saturated carbocycles. The normalized spacial score (nSPS) is 19.6. The molecule has 19 heavy (non-hydrogen) atoms. The van der Waals surface area contributed by atoms with Gasteiger partial charge in [-0.25, -0.2) is 4.79 Å². The molecule has 1 fully saturated rings. The highest BCUT2D eigenvalue weighted by Crippen LogP contribution is 2.07. The van der Waals surface area contributed by atoms with Crippen molar-refractivity contribution < 1.29 is 19.4 Å². The average Bonchev–Trinajstić information content (AvgIpc) is 2.46. The number of nitrogens with zero attached hydrogens (tertiary/aromatic N) is 2. The molecule has 1 atom stereocenters. The van der Waals surface area contributed by atoms with Crippen LogP contribution in [0, 0.1) is 0 Å². The van der Waals surface area contributed by atoms with E-state index in [-0.39, 0.29) is 19.1 Å². The third-order valence-electron chi connectivity index (χ3n) is 2.74. The average molecular weight is 262 g/mol. The van der Waals surface area contributed by atoms with Crippen molar-refractivity contribution in [2.75, 3.05) is 19.7 Å². The molecular weight excluding hydrogens is 248 g/mol. The zero-order chi connectivity index (χ0) is 13.7. The van der Waals surface area contributed by atoms with Gasteiger partial charge in [0.1, 0.15) is 0 Å². The fraction of sp³-hybridized carbons (Fsp3) is 0.308. The van der Waals surface area contributed by atoms with Gasteiger partial charge < -0.3 is 14.7 Å². The number of aromatic nitrogens is 1. The van der Waals surface area contributed by atoms with E-state index < -0.39 is 12.1 Å². The standard InChI is InChI=1S/C13H14N2O4/c16-12(5-4-10-3-1-2-6-14-10)15-7-8-19-11(9-15)13(17)18/h1-6,11H,7-9H2,(H,17,18)/b5-4+. The van der Waals surface area contributed by atoms with Gasteiger partial charge in [-0.15, -0.1) is 0 Å². The van der Waals surface area contributed by atoms with Crippen molar-refractivity contribution in [2.24, 2.45) is 0 Å². The number of hydrogen-bond donors (Lipinski definition) is 1. The molecule has 6 nitrogen and oxygen atoms in total. The van der Waals surface area contributed by atoms with Crippen LogP contribution in [0.2, 0.25) is 0 Å². The Morgan fingerprint density at radius 2 is 2.32 bits per heavy atom. The fourth-order valence-electron chi connectivity index (χ4n) is 1.74. The lowest BCUT2D eigenvalue weighted by Crippen LogP contribution is -2.48. The van der Waals surface area contributed by atoms with Crippen LogP contribution in [-0.2, 0) is 14.3 Å². The fourth-order valence-corrected chi connectivity index (χ4v) is 1.74. The summed E-state index contributed by atoms with van der Waals surface area (Å²) in [7, 11) is 0. The van der Waals surface area contributed by atoms with Crippen molar-refractivity contribution in [1.29, 1.82) is 0 Å². The van der Waals surface area contributed by atoms with E-state index in [1.807, 2.05) is 6.07 Å². The summed E-state index contributed by atoms with van der Waals surface area (Å²) in [5.74, 6) is -1.29. The summed E-state index contributed by atoms with van der Waals surface area (Å²) in [6.07, 6.45) is 3.69. The van der Waals surface area contributed by atoms with E-state index in [1.54, 1.807) is 24.4 Å². The van der Waals surface area contributed by atoms with Gasteiger partial charge in [-0.05, 0) is 18.2 Å². The van der Waals surface area contributed by atoms with Crippen molar-refractivity contribution >= 4 is 18.0 Å². The van der Waals surface area contributed by atoms with Gasteiger partial charge in [0.2, 0.25) is 5.91 Å². The molecule has 2 heterocycles. The lowest BCUT2D eigenvalue weighted by molar-refractivity contribution is -0.158. The van der Waals surface area contributed by atoms with E-state index in [2.05, 4.69) is 4.98 Å². The molecule has 1 N–H and O–H groups in total. The number of carbonyl (C=O) groups excluding carboxylic acids is 1. The Kier molecular flexibility index (Phi) is 4.25. The highest BCUT2D eigenvalue weighted by molar-refractivity contribution is 5.92. The van der Waals surface area contributed by atoms with E-state index in [0.717, 1.165) is 0 Å². The molecule has 0 aliphatic carbocycles. The molecule has 2 rings (SSSR count). The quantitative estimate of drug-likeness (QED) is 0.798. The smallest absolute Gasteiger partial charge is 0.334 e. The van der Waals surface area contributed by atoms with Gasteiger partial charge in [-0.3, -0.25) is 9.78 Å². The number of morpholine rings is 1. The predicted octanol–water partition coefficient (Wildman–Crippen LogP) is 0.407. The van der Waals surface area contributed by atoms with Crippen LogP contribution in [0.3, 0.4) is 0 Å². The SMILES string of the molecule is O=C(O)C1CN(C(=O)/C=C/c2ccccn2)CCO1. The molecule has 100 valence electrons. The number of aliphatic carboxylic acids is 1. The zero-order valence-electron chi connectivity index (χ0n) is 10.2. The van der Waals surface area contributed by atoms with Crippen LogP contribution < -0.4 is 0 Å². The van der Waals surface area contributed by atoms with E-state index in [0.29, 0.717) is 12.2 Å². The molecule has 0 bridgehead atoms. The summed E-state index contributed by atoms with van der Waals surface area (Å²) in [6, 6.07) is 5.40. The minimum atomic E-state index is -1.05. The topological polar surface area (TPSA) is 79.7 Å². The maximum atomic E-state index is 11.9. The maximum absolute atomic E-state index is 11.9. The Bertz CT molecular complexity index is 487. The largest absolute Gasteiger partial charge is 0.479 e. The van der Waals surface area contributed by atoms with Crippen LogP contribution in [0.15, 0.2) is 30.5 Å². The molecule has 1 amide bonds. The van der Waals surface area contributed by atoms with Gasteiger partial charge in [0.05, 0.1) is 18.8 Å². The monoisotopic (exact) mass is 262 g/mol. The Balaban J connectivity index is 1.96. The van der Waals surface area contributed by atoms with E-state index in [4.69, 9.17) is 9.84 Å². The minimum Gasteiger partial charge on any atom is -0.479 e. The number of pyridine rings is 1. The number of amides is 1. The molecule has 0 spiro atoms. The van der Waals surface area contributed by atoms with Gasteiger partial charge in [0.15, 0.2) is 6.10 Å². The van der Waals surface area contributed by atoms with Crippen LogP contribution >= 0.6 is 0 Å². The number of carbonyl (C=O) groups is 2. The van der Waals surface area contributed by atoms with Gasteiger partial charge in [-0.1, -0.05) is 6.07 Å². The number of hydrogen-bond acceptors (Lipinski definition) is 4. The van der Waals surface area contributed by atoms with Crippen LogP contribution in [0.4, 0.5) is 0 Å². The minimum absolute atomic E-state index is 0.0702. The molecule has 6 heteroatoms. The molecule has 0 radical (unpaired) electrons. The van der Waals surface area contributed by atoms with Gasteiger partial charge in [0, 0.05) is 18.8 Å². The lowest BCUT2D eigenvalue weighted by Gasteiger charge is -2.30. The van der Waals surface area contributed by atoms with Crippen LogP contribution in [0.1, 0.15) is 5.69 Å². The summed E-state index contributed by atoms with van der Waals surface area (Å²) in [6.45, 7) is 0.704. The molecule has 1 aromatic heterocycles. The summed E-state index contributed by atoms with van der Waals surface area (Å²) >= 11 is 0. The van der Waals surface area contributed by atoms with E-state index in [1.165, 1.54) is 11.0 Å². The van der Waals surface area contributed by atoms with Crippen molar-refractivity contribution in [3.05, 3.63) is 36.2 Å². The Morgan fingerprint density at radius 1 is 1.47 bits per heavy atom. The second-order valence-corrected chi connectivity index (χ2v) is 4.07. The number of ether oxygens (including phenoxy) is 1. The molecule has 1 aliphatic heterocycles. The van der Waals surface area contributed by atoms with Crippen LogP contribution in [-0.4, -0.2) is 52.7 Å². The van der Waals surface area contributed by atoms with E-state index >= 15 is 0 Å². The van der Waals surface area contributed by atoms with E-state index in [9.17, 15) is 9.59 Å². The van der Waals surface area contributed by atoms with Gasteiger partial charge in [-0.2, -0.15) is 0 Å². The summed E-state index contributed by atoms with van der Waals surface area (Å²) in [5.41, 5.74) is 0.680. The van der Waals surface area contributed by atoms with Gasteiger partial charge in [0.25, 0.3) is 0 Å². The molecule has 1 saturated heterocycles. The summed E-state index contributed by atoms with van der Waals surface area (Å²) in [4.78, 5) is 28.2. The maximum Gasteiger partial charge on any atom is 0.334 e. The Labute approximate surface area is 110 Å². The zero-order valence-corrected chi connectivity index (χ0v) is 10.2. The number of rotatable bonds is 3. The predicted molar refractivity (Wildman–Crippen MR) is 67.2 cm³/mol. The third kappa shape index (κ3) is 3.62. The molecular formula is C13H14N2O4. The first-order chi connectivity index (χ1) is 9.16. The number of carboxylic acid groups (broad SMARTS) is 1. The molecule has 1 aromatic rings. The summed E-state index contributed by atoms with van der Waals surface area (Å²) < 4.78 is 5.05. The second-order valence-electron chi connectivity index (χ2n) is 4.07. The first-order valence-electron chi connectivity index (χ1n) is 5.89. The first-order valence-corrected chi connectivity index (χ1v) is 5.89.